The van der Waals surface area contributed by atoms with E-state index in [1.54, 1.807) is 41.0 Å². The molecule has 0 spiro atoms. The van der Waals surface area contributed by atoms with Gasteiger partial charge in [-0.1, -0.05) is 24.3 Å². The van der Waals surface area contributed by atoms with Gasteiger partial charge in [0.1, 0.15) is 5.82 Å². The third kappa shape index (κ3) is 4.22. The minimum atomic E-state index is -0.594. The van der Waals surface area contributed by atoms with Gasteiger partial charge in [0.05, 0.1) is 30.3 Å². The number of aryl methyl sites for hydroxylation is 1. The number of nitrogens with one attached hydrogen (secondary N) is 1. The van der Waals surface area contributed by atoms with Gasteiger partial charge in [0.15, 0.2) is 0 Å². The fourth-order valence-corrected chi connectivity index (χ4v) is 3.66. The van der Waals surface area contributed by atoms with Crippen LogP contribution >= 0.6 is 0 Å². The van der Waals surface area contributed by atoms with Crippen molar-refractivity contribution in [3.63, 3.8) is 0 Å². The third-order valence-corrected chi connectivity index (χ3v) is 5.17. The van der Waals surface area contributed by atoms with Gasteiger partial charge in [-0.15, -0.1) is 0 Å². The van der Waals surface area contributed by atoms with Gasteiger partial charge in [-0.25, -0.2) is 4.39 Å². The Bertz CT molecular complexity index is 1070. The second kappa shape index (κ2) is 8.44. The molecule has 1 N–H and O–H groups in total. The highest BCUT2D eigenvalue weighted by molar-refractivity contribution is 5.86. The lowest BCUT2D eigenvalue weighted by atomic mass is 9.95. The normalized spacial score (nSPS) is 15.5. The molecule has 154 valence electrons. The molecule has 0 aliphatic carbocycles. The van der Waals surface area contributed by atoms with Crippen LogP contribution in [0.3, 0.4) is 0 Å². The van der Waals surface area contributed by atoms with Crippen molar-refractivity contribution in [3.8, 4) is 0 Å². The molecule has 0 radical (unpaired) electrons. The summed E-state index contributed by atoms with van der Waals surface area (Å²) in [6.07, 6.45) is 3.43. The minimum Gasteiger partial charge on any atom is -0.350 e. The Labute approximate surface area is 173 Å². The van der Waals surface area contributed by atoms with E-state index in [1.165, 1.54) is 6.07 Å². The monoisotopic (exact) mass is 407 g/mol. The first kappa shape index (κ1) is 19.8. The van der Waals surface area contributed by atoms with Crippen LogP contribution in [0.2, 0.25) is 0 Å². The lowest BCUT2D eigenvalue weighted by Gasteiger charge is -2.31. The summed E-state index contributed by atoms with van der Waals surface area (Å²) < 4.78 is 15.6. The van der Waals surface area contributed by atoms with E-state index in [-0.39, 0.29) is 24.8 Å². The minimum absolute atomic E-state index is 0.0510. The largest absolute Gasteiger partial charge is 0.350 e. The highest BCUT2D eigenvalue weighted by atomic mass is 19.1. The van der Waals surface area contributed by atoms with E-state index in [0.717, 1.165) is 11.3 Å². The molecule has 7 nitrogen and oxygen atoms in total. The Balaban J connectivity index is 1.51. The molecule has 4 rings (SSSR count). The lowest BCUT2D eigenvalue weighted by Crippen LogP contribution is -2.44. The molecule has 0 unspecified atom stereocenters. The number of nitrogens with zero attached hydrogens (tertiary/aromatic N) is 4. The Morgan fingerprint density at radius 2 is 2.00 bits per heavy atom. The number of carbonyl (C=O) groups excluding carboxylic acids is 2. The van der Waals surface area contributed by atoms with Crippen molar-refractivity contribution >= 4 is 11.8 Å². The zero-order valence-electron chi connectivity index (χ0n) is 16.6. The molecule has 0 bridgehead atoms. The number of aromatic nitrogens is 3. The van der Waals surface area contributed by atoms with Crippen molar-refractivity contribution in [2.45, 2.75) is 25.4 Å². The van der Waals surface area contributed by atoms with Crippen LogP contribution in [-0.2, 0) is 36.1 Å². The topological polar surface area (TPSA) is 80.1 Å². The van der Waals surface area contributed by atoms with Gasteiger partial charge in [-0.2, -0.15) is 5.10 Å². The van der Waals surface area contributed by atoms with Crippen LogP contribution in [0.5, 0.6) is 0 Å². The van der Waals surface area contributed by atoms with E-state index < -0.39 is 11.7 Å². The predicted molar refractivity (Wildman–Crippen MR) is 108 cm³/mol. The summed E-state index contributed by atoms with van der Waals surface area (Å²) in [6, 6.07) is 11.7. The van der Waals surface area contributed by atoms with Crippen molar-refractivity contribution < 1.29 is 14.0 Å². The van der Waals surface area contributed by atoms with E-state index in [1.807, 2.05) is 24.4 Å². The summed E-state index contributed by atoms with van der Waals surface area (Å²) in [5.41, 5.74) is 2.58. The van der Waals surface area contributed by atoms with Gasteiger partial charge in [-0.3, -0.25) is 19.3 Å². The molecule has 0 saturated carbocycles. The number of hydrogen-bond acceptors (Lipinski definition) is 4. The van der Waals surface area contributed by atoms with Gasteiger partial charge < -0.3 is 10.2 Å². The van der Waals surface area contributed by atoms with Gasteiger partial charge >= 0.3 is 0 Å². The standard InChI is InChI=1S/C22H22FN5O2/c1-27-12-16-13-28(20(29)10-15-6-2-3-8-19(15)23)14-18(21(16)26-27)22(30)25-11-17-7-4-5-9-24-17/h2-9,12,18H,10-11,13-14H2,1H3,(H,25,30)/t18-/m1/s1. The van der Waals surface area contributed by atoms with E-state index in [4.69, 9.17) is 0 Å². The highest BCUT2D eigenvalue weighted by Gasteiger charge is 2.35. The second-order valence-corrected chi connectivity index (χ2v) is 7.35. The molecule has 0 fully saturated rings. The maximum absolute atomic E-state index is 14.0. The molecular formula is C22H22FN5O2. The fourth-order valence-electron chi connectivity index (χ4n) is 3.66. The van der Waals surface area contributed by atoms with Gasteiger partial charge in [0, 0.05) is 38.1 Å². The number of rotatable bonds is 5. The Hall–Kier alpha value is -3.55. The van der Waals surface area contributed by atoms with Gasteiger partial charge in [-0.05, 0) is 23.8 Å². The van der Waals surface area contributed by atoms with Gasteiger partial charge in [0.25, 0.3) is 0 Å². The first-order valence-corrected chi connectivity index (χ1v) is 9.72. The van der Waals surface area contributed by atoms with Crippen molar-refractivity contribution in [1.82, 2.24) is 25.0 Å². The Morgan fingerprint density at radius 3 is 2.77 bits per heavy atom. The Kier molecular flexibility index (Phi) is 5.56. The predicted octanol–water partition coefficient (Wildman–Crippen LogP) is 1.94. The smallest absolute Gasteiger partial charge is 0.231 e. The van der Waals surface area contributed by atoms with E-state index in [9.17, 15) is 14.0 Å². The molecule has 1 aromatic carbocycles. The van der Waals surface area contributed by atoms with Crippen molar-refractivity contribution in [2.24, 2.45) is 7.05 Å². The quantitative estimate of drug-likeness (QED) is 0.701. The number of carbonyl (C=O) groups is 2. The van der Waals surface area contributed by atoms with Gasteiger partial charge in [0.2, 0.25) is 11.8 Å². The van der Waals surface area contributed by atoms with Crippen LogP contribution in [0.1, 0.15) is 28.4 Å². The van der Waals surface area contributed by atoms with Crippen LogP contribution in [0.4, 0.5) is 4.39 Å². The third-order valence-electron chi connectivity index (χ3n) is 5.17. The average molecular weight is 407 g/mol. The first-order chi connectivity index (χ1) is 14.5. The zero-order chi connectivity index (χ0) is 21.1. The number of pyridine rings is 1. The summed E-state index contributed by atoms with van der Waals surface area (Å²) in [7, 11) is 1.78. The van der Waals surface area contributed by atoms with Crippen LogP contribution in [0, 0.1) is 5.82 Å². The van der Waals surface area contributed by atoms with Crippen LogP contribution < -0.4 is 5.32 Å². The average Bonchev–Trinajstić information content (AvgIpc) is 3.13. The molecule has 0 saturated heterocycles. The summed E-state index contributed by atoms with van der Waals surface area (Å²) in [6.45, 7) is 0.841. The van der Waals surface area contributed by atoms with Crippen molar-refractivity contribution in [3.05, 3.63) is 83.2 Å². The van der Waals surface area contributed by atoms with Crippen LogP contribution in [0.25, 0.3) is 0 Å². The number of fused-ring (bicyclic) bond motifs is 1. The van der Waals surface area contributed by atoms with E-state index >= 15 is 0 Å². The molecule has 8 heteroatoms. The number of benzene rings is 1. The fraction of sp³-hybridized carbons (Fsp3) is 0.273. The Morgan fingerprint density at radius 1 is 1.20 bits per heavy atom. The summed E-state index contributed by atoms with van der Waals surface area (Å²) in [5, 5.41) is 7.33. The van der Waals surface area contributed by atoms with Crippen LogP contribution in [0.15, 0.2) is 54.9 Å². The highest BCUT2D eigenvalue weighted by Crippen LogP contribution is 2.28. The molecule has 30 heavy (non-hydrogen) atoms. The van der Waals surface area contributed by atoms with Crippen molar-refractivity contribution in [2.75, 3.05) is 6.54 Å². The number of amides is 2. The lowest BCUT2D eigenvalue weighted by molar-refractivity contribution is -0.133. The number of halogens is 1. The van der Waals surface area contributed by atoms with E-state index in [0.29, 0.717) is 24.3 Å². The molecule has 1 aliphatic rings. The number of hydrogen-bond donors (Lipinski definition) is 1. The summed E-state index contributed by atoms with van der Waals surface area (Å²) in [5.74, 6) is -1.45. The maximum Gasteiger partial charge on any atom is 0.231 e. The van der Waals surface area contributed by atoms with Crippen molar-refractivity contribution in [1.29, 1.82) is 0 Å². The van der Waals surface area contributed by atoms with Crippen LogP contribution in [-0.4, -0.2) is 38.0 Å². The molecule has 1 aliphatic heterocycles. The van der Waals surface area contributed by atoms with E-state index in [2.05, 4.69) is 15.4 Å². The summed E-state index contributed by atoms with van der Waals surface area (Å²) >= 11 is 0. The second-order valence-electron chi connectivity index (χ2n) is 7.35. The SMILES string of the molecule is Cn1cc2c(n1)[C@H](C(=O)NCc1ccccn1)CN(C(=O)Cc1ccccc1F)C2. The molecule has 3 heterocycles. The first-order valence-electron chi connectivity index (χ1n) is 9.72. The maximum atomic E-state index is 14.0. The zero-order valence-corrected chi connectivity index (χ0v) is 16.6. The molecule has 1 atom stereocenters. The summed E-state index contributed by atoms with van der Waals surface area (Å²) in [4.78, 5) is 31.6. The molecular weight excluding hydrogens is 385 g/mol. The molecule has 3 aromatic rings. The molecule has 2 aromatic heterocycles. The molecule has 2 amide bonds.